The average molecular weight is 266 g/mol. The van der Waals surface area contributed by atoms with Crippen molar-refractivity contribution in [2.75, 3.05) is 0 Å². The van der Waals surface area contributed by atoms with E-state index in [1.807, 2.05) is 0 Å². The zero-order valence-corrected chi connectivity index (χ0v) is 9.83. The molecule has 1 N–H and O–H groups in total. The molecule has 2 aromatic rings. The van der Waals surface area contributed by atoms with E-state index in [0.717, 1.165) is 0 Å². The van der Waals surface area contributed by atoms with Crippen LogP contribution in [0.5, 0.6) is 0 Å². The van der Waals surface area contributed by atoms with Crippen LogP contribution in [-0.4, -0.2) is 26.2 Å². The molecule has 7 heteroatoms. The Labute approximate surface area is 107 Å². The maximum atomic E-state index is 10.7. The lowest BCUT2D eigenvalue weighted by atomic mass is 10.3. The van der Waals surface area contributed by atoms with E-state index in [0.29, 0.717) is 28.9 Å². The van der Waals surface area contributed by atoms with Gasteiger partial charge in [-0.3, -0.25) is 9.78 Å². The summed E-state index contributed by atoms with van der Waals surface area (Å²) in [6, 6.07) is 3.36. The molecule has 0 bridgehead atoms. The van der Waals surface area contributed by atoms with Crippen LogP contribution >= 0.6 is 11.6 Å². The number of hydrogen-bond donors (Lipinski definition) is 1. The molecule has 2 aromatic heterocycles. The zero-order chi connectivity index (χ0) is 12.7. The lowest BCUT2D eigenvalue weighted by molar-refractivity contribution is -0.138. The number of carbonyl (C=O) groups is 1. The molecule has 0 amide bonds. The minimum absolute atomic E-state index is 0.170. The monoisotopic (exact) mass is 265 g/mol. The zero-order valence-electron chi connectivity index (χ0n) is 9.08. The van der Waals surface area contributed by atoms with Gasteiger partial charge in [0.1, 0.15) is 5.69 Å². The molecule has 0 aromatic carbocycles. The molecule has 1 aliphatic carbocycles. The lowest BCUT2D eigenvalue weighted by Crippen LogP contribution is -1.98. The Bertz CT molecular complexity index is 596. The Morgan fingerprint density at radius 2 is 2.33 bits per heavy atom. The van der Waals surface area contributed by atoms with Crippen LogP contribution < -0.4 is 0 Å². The Morgan fingerprint density at radius 1 is 1.50 bits per heavy atom. The number of aliphatic carboxylic acids is 1. The number of pyridine rings is 1. The van der Waals surface area contributed by atoms with E-state index >= 15 is 0 Å². The van der Waals surface area contributed by atoms with Crippen LogP contribution in [0, 0.1) is 5.92 Å². The number of nitrogens with zero attached hydrogens (tertiary/aromatic N) is 3. The summed E-state index contributed by atoms with van der Waals surface area (Å²) in [7, 11) is 0. The quantitative estimate of drug-likeness (QED) is 0.913. The fourth-order valence-corrected chi connectivity index (χ4v) is 1.85. The Morgan fingerprint density at radius 3 is 2.94 bits per heavy atom. The van der Waals surface area contributed by atoms with E-state index in [1.165, 1.54) is 6.20 Å². The van der Waals surface area contributed by atoms with Gasteiger partial charge in [-0.2, -0.15) is 4.98 Å². The molecule has 2 heterocycles. The summed E-state index contributed by atoms with van der Waals surface area (Å²) < 4.78 is 5.06. The third-order valence-electron chi connectivity index (χ3n) is 2.82. The second-order valence-electron chi connectivity index (χ2n) is 4.10. The first-order valence-corrected chi connectivity index (χ1v) is 5.71. The summed E-state index contributed by atoms with van der Waals surface area (Å²) in [5.74, 6) is -0.705. The van der Waals surface area contributed by atoms with E-state index < -0.39 is 11.9 Å². The molecule has 0 aliphatic heterocycles. The van der Waals surface area contributed by atoms with E-state index in [1.54, 1.807) is 12.1 Å². The normalized spacial score (nSPS) is 21.8. The van der Waals surface area contributed by atoms with Crippen molar-refractivity contribution in [3.05, 3.63) is 29.2 Å². The summed E-state index contributed by atoms with van der Waals surface area (Å²) in [5, 5.41) is 13.1. The van der Waals surface area contributed by atoms with Crippen molar-refractivity contribution in [2.24, 2.45) is 5.92 Å². The number of halogens is 1. The van der Waals surface area contributed by atoms with Crippen molar-refractivity contribution in [1.29, 1.82) is 0 Å². The summed E-state index contributed by atoms with van der Waals surface area (Å²) in [6.07, 6.45) is 2.04. The van der Waals surface area contributed by atoms with Crippen LogP contribution in [0.2, 0.25) is 5.02 Å². The van der Waals surface area contributed by atoms with Gasteiger partial charge in [0.05, 0.1) is 16.9 Å². The van der Waals surface area contributed by atoms with Gasteiger partial charge in [0.2, 0.25) is 11.7 Å². The molecule has 0 spiro atoms. The van der Waals surface area contributed by atoms with Gasteiger partial charge in [-0.1, -0.05) is 16.8 Å². The summed E-state index contributed by atoms with van der Waals surface area (Å²) in [4.78, 5) is 19.0. The first kappa shape index (κ1) is 11.2. The maximum Gasteiger partial charge on any atom is 0.307 e. The Hall–Kier alpha value is -1.95. The van der Waals surface area contributed by atoms with E-state index in [9.17, 15) is 4.79 Å². The third-order valence-corrected chi connectivity index (χ3v) is 3.05. The Balaban J connectivity index is 1.82. The second kappa shape index (κ2) is 4.06. The molecule has 0 radical (unpaired) electrons. The van der Waals surface area contributed by atoms with E-state index in [4.69, 9.17) is 21.2 Å². The number of aromatic nitrogens is 3. The van der Waals surface area contributed by atoms with Gasteiger partial charge in [-0.25, -0.2) is 0 Å². The topological polar surface area (TPSA) is 89.1 Å². The van der Waals surface area contributed by atoms with Gasteiger partial charge in [0.25, 0.3) is 0 Å². The van der Waals surface area contributed by atoms with Gasteiger partial charge in [0.15, 0.2) is 0 Å². The molecule has 1 fully saturated rings. The number of carboxylic acids is 1. The van der Waals surface area contributed by atoms with Gasteiger partial charge < -0.3 is 9.63 Å². The van der Waals surface area contributed by atoms with Crippen LogP contribution in [0.3, 0.4) is 0 Å². The highest BCUT2D eigenvalue weighted by Crippen LogP contribution is 2.47. The van der Waals surface area contributed by atoms with Crippen molar-refractivity contribution in [1.82, 2.24) is 15.1 Å². The first-order valence-electron chi connectivity index (χ1n) is 5.33. The molecule has 6 nitrogen and oxygen atoms in total. The second-order valence-corrected chi connectivity index (χ2v) is 4.54. The predicted octanol–water partition coefficient (Wildman–Crippen LogP) is 1.97. The van der Waals surface area contributed by atoms with Crippen molar-refractivity contribution in [3.63, 3.8) is 0 Å². The fourth-order valence-electron chi connectivity index (χ4n) is 1.74. The molecule has 2 unspecified atom stereocenters. The standard InChI is InChI=1S/C11H8ClN3O3/c12-5-1-2-8(13-4-5)9-14-10(18-15-9)6-3-7(6)11(16)17/h1-2,4,6-7H,3H2,(H,16,17). The van der Waals surface area contributed by atoms with Crippen LogP contribution in [0.1, 0.15) is 18.2 Å². The highest BCUT2D eigenvalue weighted by molar-refractivity contribution is 6.30. The van der Waals surface area contributed by atoms with E-state index in [-0.39, 0.29) is 5.92 Å². The molecule has 1 aliphatic rings. The third kappa shape index (κ3) is 1.95. The average Bonchev–Trinajstić information content (AvgIpc) is 3.02. The number of rotatable bonds is 3. The molecule has 2 atom stereocenters. The molecular weight excluding hydrogens is 258 g/mol. The number of carboxylic acid groups (broad SMARTS) is 1. The molecule has 92 valence electrons. The first-order chi connectivity index (χ1) is 8.65. The van der Waals surface area contributed by atoms with Crippen molar-refractivity contribution >= 4 is 17.6 Å². The lowest BCUT2D eigenvalue weighted by Gasteiger charge is -1.92. The maximum absolute atomic E-state index is 10.7. The molecule has 18 heavy (non-hydrogen) atoms. The van der Waals surface area contributed by atoms with Gasteiger partial charge in [0, 0.05) is 6.20 Å². The minimum Gasteiger partial charge on any atom is -0.481 e. The van der Waals surface area contributed by atoms with Gasteiger partial charge in [-0.05, 0) is 18.6 Å². The smallest absolute Gasteiger partial charge is 0.307 e. The largest absolute Gasteiger partial charge is 0.481 e. The van der Waals surface area contributed by atoms with Crippen molar-refractivity contribution in [2.45, 2.75) is 12.3 Å². The SMILES string of the molecule is O=C(O)C1CC1c1nc(-c2ccc(Cl)cn2)no1. The fraction of sp³-hybridized carbons (Fsp3) is 0.273. The predicted molar refractivity (Wildman–Crippen MR) is 61.0 cm³/mol. The molecule has 3 rings (SSSR count). The van der Waals surface area contributed by atoms with Crippen LogP contribution in [0.15, 0.2) is 22.9 Å². The molecule has 1 saturated carbocycles. The molecule has 0 saturated heterocycles. The van der Waals surface area contributed by atoms with Gasteiger partial charge >= 0.3 is 5.97 Å². The molecular formula is C11H8ClN3O3. The van der Waals surface area contributed by atoms with Crippen LogP contribution in [0.4, 0.5) is 0 Å². The van der Waals surface area contributed by atoms with Crippen LogP contribution in [0.25, 0.3) is 11.5 Å². The van der Waals surface area contributed by atoms with E-state index in [2.05, 4.69) is 15.1 Å². The highest BCUT2D eigenvalue weighted by atomic mass is 35.5. The van der Waals surface area contributed by atoms with Crippen molar-refractivity contribution < 1.29 is 14.4 Å². The van der Waals surface area contributed by atoms with Crippen molar-refractivity contribution in [3.8, 4) is 11.5 Å². The highest BCUT2D eigenvalue weighted by Gasteiger charge is 2.48. The minimum atomic E-state index is -0.829. The summed E-state index contributed by atoms with van der Waals surface area (Å²) in [5.41, 5.74) is 0.543. The van der Waals surface area contributed by atoms with Crippen LogP contribution in [-0.2, 0) is 4.79 Å². The summed E-state index contributed by atoms with van der Waals surface area (Å²) >= 11 is 5.73. The Kier molecular flexibility index (Phi) is 2.52. The number of hydrogen-bond acceptors (Lipinski definition) is 5. The summed E-state index contributed by atoms with van der Waals surface area (Å²) in [6.45, 7) is 0. The van der Waals surface area contributed by atoms with Gasteiger partial charge in [-0.15, -0.1) is 0 Å².